The summed E-state index contributed by atoms with van der Waals surface area (Å²) in [5.41, 5.74) is 10.1. The van der Waals surface area contributed by atoms with Crippen LogP contribution in [0.4, 0.5) is 0 Å². The minimum absolute atomic E-state index is 0.0405. The van der Waals surface area contributed by atoms with E-state index in [4.69, 9.17) is 9.47 Å². The van der Waals surface area contributed by atoms with E-state index in [9.17, 15) is 21.9 Å². The number of aryl methyl sites for hydroxylation is 4. The molecule has 0 aromatic carbocycles. The SMILES string of the molecule is CC(C)C(C)(C)CN1CCOCC1.CC(C)C1(C)CCS(=O)(=O)C1.CC(C)C1CCS(=O)(=O)C1.COCC(C)C(C)C.Cc1ccc(C(C)(C)C(C)C)cn1.Cc1ccc([C@@H](C)C(C)C)cn1.Cc1ccc([C@@H](CO)C(C)C)cn1.Cc1ccc([C@H](C)C(C)C)cn1. The number of hydrogen-bond donors (Lipinski definition) is 1. The maximum absolute atomic E-state index is 11.2. The summed E-state index contributed by atoms with van der Waals surface area (Å²) in [4.78, 5) is 19.6. The Hall–Kier alpha value is -3.66. The van der Waals surface area contributed by atoms with Crippen molar-refractivity contribution >= 4 is 19.7 Å². The number of hydrogen-bond acceptors (Lipinski definition) is 12. The molecule has 3 aliphatic heterocycles. The Morgan fingerprint density at radius 1 is 0.587 bits per heavy atom. The van der Waals surface area contributed by atoms with Crippen LogP contribution in [-0.2, 0) is 34.6 Å². The molecule has 0 saturated carbocycles. The molecule has 3 saturated heterocycles. The first-order valence-electron chi connectivity index (χ1n) is 34.9. The van der Waals surface area contributed by atoms with Gasteiger partial charge in [0.25, 0.3) is 0 Å². The molecule has 92 heavy (non-hydrogen) atoms. The monoisotopic (exact) mass is 1320 g/mol. The number of aliphatic hydroxyl groups excluding tert-OH is 1. The molecule has 7 heterocycles. The number of morpholine rings is 1. The lowest BCUT2D eigenvalue weighted by molar-refractivity contribution is 0.0137. The van der Waals surface area contributed by atoms with Crippen LogP contribution in [0.25, 0.3) is 0 Å². The van der Waals surface area contributed by atoms with Crippen molar-refractivity contribution in [2.75, 3.05) is 76.2 Å². The minimum atomic E-state index is -2.70. The molecular weight excluding hydrogens is 1180 g/mol. The van der Waals surface area contributed by atoms with Crippen LogP contribution in [0.1, 0.15) is 242 Å². The fourth-order valence-corrected chi connectivity index (χ4v) is 14.1. The Bertz CT molecular complexity index is 2720. The number of methoxy groups -OCH3 is 1. The third-order valence-electron chi connectivity index (χ3n) is 20.4. The molecule has 0 bridgehead atoms. The first-order chi connectivity index (χ1) is 42.4. The second kappa shape index (κ2) is 42.8. The highest BCUT2D eigenvalue weighted by atomic mass is 32.2. The number of aliphatic hydroxyl groups is 1. The van der Waals surface area contributed by atoms with Crippen LogP contribution in [0.15, 0.2) is 73.3 Å². The molecule has 3 fully saturated rings. The number of nitrogens with zero attached hydrogens (tertiary/aromatic N) is 5. The third kappa shape index (κ3) is 34.8. The van der Waals surface area contributed by atoms with E-state index in [-0.39, 0.29) is 23.4 Å². The Labute approximate surface area is 567 Å². The van der Waals surface area contributed by atoms with Crippen molar-refractivity contribution in [2.24, 2.45) is 70.0 Å². The molecule has 0 aliphatic carbocycles. The van der Waals surface area contributed by atoms with Gasteiger partial charge in [-0.25, -0.2) is 16.8 Å². The van der Waals surface area contributed by atoms with Crippen molar-refractivity contribution in [2.45, 2.75) is 230 Å². The predicted molar refractivity (Wildman–Crippen MR) is 395 cm³/mol. The average Bonchev–Trinajstić information content (AvgIpc) is 1.71. The van der Waals surface area contributed by atoms with Gasteiger partial charge in [0, 0.05) is 86.8 Å². The predicted octanol–water partition coefficient (Wildman–Crippen LogP) is 18.2. The lowest BCUT2D eigenvalue weighted by Crippen LogP contribution is -2.43. The quantitative estimate of drug-likeness (QED) is 0.107. The smallest absolute Gasteiger partial charge is 0.150 e. The van der Waals surface area contributed by atoms with Gasteiger partial charge in [0.15, 0.2) is 19.7 Å². The largest absolute Gasteiger partial charge is 0.396 e. The van der Waals surface area contributed by atoms with Crippen LogP contribution in [-0.4, -0.2) is 123 Å². The van der Waals surface area contributed by atoms with Crippen LogP contribution >= 0.6 is 0 Å². The van der Waals surface area contributed by atoms with Crippen LogP contribution < -0.4 is 0 Å². The van der Waals surface area contributed by atoms with E-state index in [0.29, 0.717) is 87.6 Å². The lowest BCUT2D eigenvalue weighted by Gasteiger charge is -2.37. The van der Waals surface area contributed by atoms with E-state index in [0.717, 1.165) is 85.9 Å². The fourth-order valence-electron chi connectivity index (χ4n) is 9.66. The zero-order valence-corrected chi connectivity index (χ0v) is 65.7. The Kier molecular flexibility index (Phi) is 41.1. The maximum atomic E-state index is 11.2. The zero-order valence-electron chi connectivity index (χ0n) is 64.1. The van der Waals surface area contributed by atoms with Crippen LogP contribution in [0.5, 0.6) is 0 Å². The number of ether oxygens (including phenoxy) is 2. The lowest BCUT2D eigenvalue weighted by atomic mass is 9.76. The van der Waals surface area contributed by atoms with Gasteiger partial charge >= 0.3 is 0 Å². The molecule has 12 nitrogen and oxygen atoms in total. The summed E-state index contributed by atoms with van der Waals surface area (Å²) in [6, 6.07) is 16.8. The first kappa shape index (κ1) is 88.3. The van der Waals surface area contributed by atoms with Crippen LogP contribution in [0, 0.1) is 97.7 Å². The molecule has 7 rings (SSSR count). The molecule has 0 spiro atoms. The molecule has 3 unspecified atom stereocenters. The molecular formula is C78H139N5O7S2. The fraction of sp³-hybridized carbons (Fsp3) is 0.744. The van der Waals surface area contributed by atoms with Crippen molar-refractivity contribution in [3.63, 3.8) is 0 Å². The summed E-state index contributed by atoms with van der Waals surface area (Å²) in [7, 11) is -3.59. The highest BCUT2D eigenvalue weighted by Gasteiger charge is 2.40. The van der Waals surface area contributed by atoms with E-state index < -0.39 is 19.7 Å². The highest BCUT2D eigenvalue weighted by Crippen LogP contribution is 2.38. The summed E-state index contributed by atoms with van der Waals surface area (Å²) >= 11 is 0. The van der Waals surface area contributed by atoms with E-state index in [2.05, 4.69) is 227 Å². The number of sulfone groups is 2. The van der Waals surface area contributed by atoms with Crippen molar-refractivity contribution in [1.82, 2.24) is 24.8 Å². The number of rotatable bonds is 17. The Morgan fingerprint density at radius 2 is 1.02 bits per heavy atom. The molecule has 14 heteroatoms. The summed E-state index contributed by atoms with van der Waals surface area (Å²) < 4.78 is 54.5. The summed E-state index contributed by atoms with van der Waals surface area (Å²) in [5.74, 6) is 9.12. The highest BCUT2D eigenvalue weighted by molar-refractivity contribution is 7.91. The van der Waals surface area contributed by atoms with Crippen molar-refractivity contribution in [3.8, 4) is 0 Å². The molecule has 0 amide bonds. The Balaban J connectivity index is 0.00000103. The van der Waals surface area contributed by atoms with Gasteiger partial charge in [-0.2, -0.15) is 0 Å². The van der Waals surface area contributed by atoms with Gasteiger partial charge in [-0.1, -0.05) is 190 Å². The van der Waals surface area contributed by atoms with Gasteiger partial charge < -0.3 is 14.6 Å². The second-order valence-corrected chi connectivity index (χ2v) is 35.5. The van der Waals surface area contributed by atoms with E-state index in [1.807, 2.05) is 64.6 Å². The van der Waals surface area contributed by atoms with Gasteiger partial charge in [0.1, 0.15) is 0 Å². The molecule has 4 aromatic rings. The summed E-state index contributed by atoms with van der Waals surface area (Å²) in [6.45, 7) is 67.5. The van der Waals surface area contributed by atoms with Gasteiger partial charge in [-0.15, -0.1) is 0 Å². The van der Waals surface area contributed by atoms with Crippen molar-refractivity contribution in [1.29, 1.82) is 0 Å². The van der Waals surface area contributed by atoms with E-state index in [1.54, 1.807) is 7.11 Å². The number of aromatic nitrogens is 4. The normalized spacial score (nSPS) is 19.1. The van der Waals surface area contributed by atoms with Gasteiger partial charge in [0.2, 0.25) is 0 Å². The topological polar surface area (TPSA) is 162 Å². The zero-order chi connectivity index (χ0) is 71.1. The average molecular weight is 1320 g/mol. The summed E-state index contributed by atoms with van der Waals surface area (Å²) in [5, 5.41) is 9.19. The van der Waals surface area contributed by atoms with Crippen molar-refractivity contribution < 1.29 is 31.4 Å². The third-order valence-corrected chi connectivity index (χ3v) is 24.1. The van der Waals surface area contributed by atoms with Crippen LogP contribution in [0.3, 0.4) is 0 Å². The maximum Gasteiger partial charge on any atom is 0.150 e. The Morgan fingerprint density at radius 3 is 1.27 bits per heavy atom. The molecule has 1 N–H and O–H groups in total. The molecule has 530 valence electrons. The van der Waals surface area contributed by atoms with Gasteiger partial charge in [-0.05, 0) is 174 Å². The molecule has 6 atom stereocenters. The standard InChI is InChI=1S/C12H19N.C11H23NO.C11H17NO.2C11H17N.C8H16O2S.C7H14O2S.C7H16O/c1-9(2)12(4,5)11-7-6-10(3)13-8-11;1-10(2)11(3,4)9-12-5-7-13-8-6-12;1-8(2)11(7-13)10-5-4-9(3)12-6-10;2*1-8(2)10(4)11-6-5-9(3)12-7-11;1-7(2)8(3)4-5-11(9,10)6-8;1-6(2)7-3-4-10(8,9)5-7;1-6(2)7(3)5-8-4/h6-9H,1-5H3;10H,5-9H2,1-4H3;4-6,8,11,13H,7H2,1-3H3;2*5-8,10H,1-4H3;7H,4-6H2,1-3H3;6-7H,3-5H2,1-2H3;6-7H,5H2,1-4H3/t;;11-;2*10-;;;/m..010.../s1. The minimum Gasteiger partial charge on any atom is -0.396 e. The molecule has 0 radical (unpaired) electrons. The van der Waals surface area contributed by atoms with Crippen molar-refractivity contribution in [3.05, 3.63) is 118 Å². The second-order valence-electron chi connectivity index (χ2n) is 31.1. The first-order valence-corrected chi connectivity index (χ1v) is 38.5. The number of pyridine rings is 4. The summed E-state index contributed by atoms with van der Waals surface area (Å²) in [6.07, 6.45) is 9.54. The van der Waals surface area contributed by atoms with E-state index >= 15 is 0 Å². The molecule has 4 aromatic heterocycles. The molecule has 3 aliphatic rings. The van der Waals surface area contributed by atoms with E-state index in [1.165, 1.54) is 23.2 Å². The van der Waals surface area contributed by atoms with Crippen LogP contribution in [0.2, 0.25) is 0 Å². The van der Waals surface area contributed by atoms with Gasteiger partial charge in [-0.3, -0.25) is 24.8 Å². The van der Waals surface area contributed by atoms with Gasteiger partial charge in [0.05, 0.1) is 42.8 Å².